The molecule has 0 fully saturated rings. The fourth-order valence-electron chi connectivity index (χ4n) is 1.14. The number of carbonyl (C=O) groups is 1. The maximum absolute atomic E-state index is 10.9. The molecule has 0 aliphatic heterocycles. The Balaban J connectivity index is 3.39. The average Bonchev–Trinajstić information content (AvgIpc) is 2.01. The SMILES string of the molecule is Cc1cc([N+](=O)[O-])cc(Br)c1C(N)=O. The van der Waals surface area contributed by atoms with Crippen molar-refractivity contribution in [2.75, 3.05) is 0 Å². The number of hydrogen-bond acceptors (Lipinski definition) is 3. The number of benzene rings is 1. The number of rotatable bonds is 2. The van der Waals surface area contributed by atoms with Crippen molar-refractivity contribution >= 4 is 27.5 Å². The van der Waals surface area contributed by atoms with Crippen LogP contribution >= 0.6 is 15.9 Å². The third-order valence-corrected chi connectivity index (χ3v) is 2.35. The zero-order chi connectivity index (χ0) is 10.9. The summed E-state index contributed by atoms with van der Waals surface area (Å²) >= 11 is 3.06. The molecule has 0 unspecified atom stereocenters. The van der Waals surface area contributed by atoms with Crippen molar-refractivity contribution in [3.8, 4) is 0 Å². The van der Waals surface area contributed by atoms with Crippen molar-refractivity contribution in [1.29, 1.82) is 0 Å². The Morgan fingerprint density at radius 1 is 1.57 bits per heavy atom. The van der Waals surface area contributed by atoms with Gasteiger partial charge in [-0.1, -0.05) is 0 Å². The van der Waals surface area contributed by atoms with Crippen LogP contribution in [0.2, 0.25) is 0 Å². The molecular formula is C8H7BrN2O3. The predicted octanol–water partition coefficient (Wildman–Crippen LogP) is 1.76. The van der Waals surface area contributed by atoms with E-state index in [0.717, 1.165) is 0 Å². The first-order chi connectivity index (χ1) is 6.43. The van der Waals surface area contributed by atoms with Crippen molar-refractivity contribution in [3.05, 3.63) is 37.8 Å². The molecule has 0 saturated carbocycles. The van der Waals surface area contributed by atoms with E-state index < -0.39 is 10.8 Å². The number of nitro benzene ring substituents is 1. The number of halogens is 1. The molecule has 14 heavy (non-hydrogen) atoms. The van der Waals surface area contributed by atoms with Crippen molar-refractivity contribution in [1.82, 2.24) is 0 Å². The molecule has 0 spiro atoms. The van der Waals surface area contributed by atoms with Gasteiger partial charge in [0.1, 0.15) is 0 Å². The molecule has 1 amide bonds. The molecule has 2 N–H and O–H groups in total. The third kappa shape index (κ3) is 1.90. The fraction of sp³-hybridized carbons (Fsp3) is 0.125. The molecule has 74 valence electrons. The highest BCUT2D eigenvalue weighted by Gasteiger charge is 2.15. The first kappa shape index (κ1) is 10.6. The molecule has 0 aliphatic rings. The van der Waals surface area contributed by atoms with Gasteiger partial charge in [-0.25, -0.2) is 0 Å². The molecule has 6 heteroatoms. The Kier molecular flexibility index (Phi) is 2.85. The van der Waals surface area contributed by atoms with E-state index in [2.05, 4.69) is 15.9 Å². The Bertz CT molecular complexity index is 394. The van der Waals surface area contributed by atoms with Crippen LogP contribution in [-0.2, 0) is 0 Å². The van der Waals surface area contributed by atoms with E-state index in [-0.39, 0.29) is 11.3 Å². The molecule has 0 aliphatic carbocycles. The van der Waals surface area contributed by atoms with Crippen LogP contribution in [-0.4, -0.2) is 10.8 Å². The number of hydrogen-bond donors (Lipinski definition) is 1. The van der Waals surface area contributed by atoms with Gasteiger partial charge in [0.2, 0.25) is 5.91 Å². The van der Waals surface area contributed by atoms with E-state index in [0.29, 0.717) is 10.0 Å². The molecule has 0 atom stereocenters. The van der Waals surface area contributed by atoms with E-state index in [9.17, 15) is 14.9 Å². The number of amides is 1. The van der Waals surface area contributed by atoms with Gasteiger partial charge in [0.15, 0.2) is 0 Å². The first-order valence-corrected chi connectivity index (χ1v) is 4.47. The quantitative estimate of drug-likeness (QED) is 0.648. The molecule has 0 heterocycles. The standard InChI is InChI=1S/C8H7BrN2O3/c1-4-2-5(11(13)14)3-6(9)7(4)8(10)12/h2-3H,1H3,(H2,10,12). The number of nitrogens with zero attached hydrogens (tertiary/aromatic N) is 1. The van der Waals surface area contributed by atoms with Crippen LogP contribution in [0.1, 0.15) is 15.9 Å². The van der Waals surface area contributed by atoms with Gasteiger partial charge in [-0.2, -0.15) is 0 Å². The lowest BCUT2D eigenvalue weighted by Crippen LogP contribution is -2.13. The van der Waals surface area contributed by atoms with Gasteiger partial charge in [-0.3, -0.25) is 14.9 Å². The molecule has 1 aromatic carbocycles. The van der Waals surface area contributed by atoms with Crippen LogP contribution in [0.4, 0.5) is 5.69 Å². The number of nitro groups is 1. The highest BCUT2D eigenvalue weighted by atomic mass is 79.9. The first-order valence-electron chi connectivity index (χ1n) is 3.68. The molecule has 1 rings (SSSR count). The molecule has 0 radical (unpaired) electrons. The smallest absolute Gasteiger partial charge is 0.270 e. The Hall–Kier alpha value is -1.43. The summed E-state index contributed by atoms with van der Waals surface area (Å²) in [6, 6.07) is 2.57. The number of aryl methyl sites for hydroxylation is 1. The maximum atomic E-state index is 10.9. The molecule has 0 saturated heterocycles. The number of non-ortho nitro benzene ring substituents is 1. The van der Waals surface area contributed by atoms with Crippen LogP contribution < -0.4 is 5.73 Å². The topological polar surface area (TPSA) is 86.2 Å². The zero-order valence-corrected chi connectivity index (χ0v) is 8.87. The Morgan fingerprint density at radius 2 is 2.14 bits per heavy atom. The van der Waals surface area contributed by atoms with Crippen LogP contribution in [0.3, 0.4) is 0 Å². The third-order valence-electron chi connectivity index (χ3n) is 1.73. The lowest BCUT2D eigenvalue weighted by atomic mass is 10.1. The highest BCUT2D eigenvalue weighted by Crippen LogP contribution is 2.26. The van der Waals surface area contributed by atoms with E-state index in [1.165, 1.54) is 12.1 Å². The van der Waals surface area contributed by atoms with Crippen LogP contribution in [0.25, 0.3) is 0 Å². The fourth-order valence-corrected chi connectivity index (χ4v) is 1.89. The van der Waals surface area contributed by atoms with Crippen molar-refractivity contribution < 1.29 is 9.72 Å². The monoisotopic (exact) mass is 258 g/mol. The zero-order valence-electron chi connectivity index (χ0n) is 7.28. The summed E-state index contributed by atoms with van der Waals surface area (Å²) in [5.74, 6) is -0.607. The van der Waals surface area contributed by atoms with E-state index in [4.69, 9.17) is 5.73 Å². The number of carbonyl (C=O) groups excluding carboxylic acids is 1. The second-order valence-corrected chi connectivity index (χ2v) is 3.60. The summed E-state index contributed by atoms with van der Waals surface area (Å²) in [5, 5.41) is 10.5. The van der Waals surface area contributed by atoms with E-state index in [1.807, 2.05) is 0 Å². The maximum Gasteiger partial charge on any atom is 0.270 e. The minimum absolute atomic E-state index is 0.0700. The van der Waals surface area contributed by atoms with Crippen molar-refractivity contribution in [2.24, 2.45) is 5.73 Å². The van der Waals surface area contributed by atoms with Gasteiger partial charge in [0.25, 0.3) is 5.69 Å². The molecule has 5 nitrogen and oxygen atoms in total. The number of primary amides is 1. The van der Waals surface area contributed by atoms with Crippen LogP contribution in [0.5, 0.6) is 0 Å². The minimum Gasteiger partial charge on any atom is -0.366 e. The lowest BCUT2D eigenvalue weighted by Gasteiger charge is -2.03. The summed E-state index contributed by atoms with van der Waals surface area (Å²) in [6.07, 6.45) is 0. The summed E-state index contributed by atoms with van der Waals surface area (Å²) in [7, 11) is 0. The van der Waals surface area contributed by atoms with Crippen LogP contribution in [0.15, 0.2) is 16.6 Å². The second kappa shape index (κ2) is 3.75. The minimum atomic E-state index is -0.607. The van der Waals surface area contributed by atoms with Gasteiger partial charge in [0.05, 0.1) is 10.5 Å². The van der Waals surface area contributed by atoms with Gasteiger partial charge in [-0.05, 0) is 28.4 Å². The van der Waals surface area contributed by atoms with Crippen molar-refractivity contribution in [3.63, 3.8) is 0 Å². The normalized spacial score (nSPS) is 9.86. The summed E-state index contributed by atoms with van der Waals surface area (Å²) in [5.41, 5.74) is 5.79. The summed E-state index contributed by atoms with van der Waals surface area (Å²) < 4.78 is 0.344. The summed E-state index contributed by atoms with van der Waals surface area (Å²) in [6.45, 7) is 1.60. The molecule has 0 bridgehead atoms. The number of nitrogens with two attached hydrogens (primary N) is 1. The Morgan fingerprint density at radius 3 is 2.50 bits per heavy atom. The lowest BCUT2D eigenvalue weighted by molar-refractivity contribution is -0.385. The Labute approximate surface area is 88.2 Å². The van der Waals surface area contributed by atoms with Gasteiger partial charge >= 0.3 is 0 Å². The molecule has 1 aromatic rings. The van der Waals surface area contributed by atoms with Gasteiger partial charge < -0.3 is 5.73 Å². The molecular weight excluding hydrogens is 252 g/mol. The van der Waals surface area contributed by atoms with E-state index >= 15 is 0 Å². The molecule has 0 aromatic heterocycles. The second-order valence-electron chi connectivity index (χ2n) is 2.74. The van der Waals surface area contributed by atoms with Crippen molar-refractivity contribution in [2.45, 2.75) is 6.92 Å². The van der Waals surface area contributed by atoms with E-state index in [1.54, 1.807) is 6.92 Å². The summed E-state index contributed by atoms with van der Waals surface area (Å²) in [4.78, 5) is 20.9. The average molecular weight is 259 g/mol. The van der Waals surface area contributed by atoms with Gasteiger partial charge in [0, 0.05) is 16.6 Å². The highest BCUT2D eigenvalue weighted by molar-refractivity contribution is 9.10. The largest absolute Gasteiger partial charge is 0.366 e. The predicted molar refractivity (Wildman–Crippen MR) is 54.1 cm³/mol. The van der Waals surface area contributed by atoms with Gasteiger partial charge in [-0.15, -0.1) is 0 Å². The van der Waals surface area contributed by atoms with Crippen LogP contribution in [0, 0.1) is 17.0 Å².